The number of halogens is 1. The van der Waals surface area contributed by atoms with Gasteiger partial charge in [-0.25, -0.2) is 4.39 Å². The molecule has 0 amide bonds. The van der Waals surface area contributed by atoms with Crippen molar-refractivity contribution in [3.63, 3.8) is 0 Å². The fraction of sp³-hybridized carbons (Fsp3) is 0.435. The van der Waals surface area contributed by atoms with E-state index in [4.69, 9.17) is 5.26 Å². The first kappa shape index (κ1) is 16.9. The van der Waals surface area contributed by atoms with E-state index in [9.17, 15) is 4.39 Å². The molecule has 0 aromatic heterocycles. The molecule has 3 nitrogen and oxygen atoms in total. The van der Waals surface area contributed by atoms with Crippen molar-refractivity contribution < 1.29 is 4.39 Å². The van der Waals surface area contributed by atoms with E-state index in [0.717, 1.165) is 30.8 Å². The molecule has 27 heavy (non-hydrogen) atoms. The molecule has 2 aromatic rings. The van der Waals surface area contributed by atoms with E-state index < -0.39 is 5.82 Å². The number of hydrogen-bond donors (Lipinski definition) is 1. The maximum atomic E-state index is 14.2. The monoisotopic (exact) mass is 361 g/mol. The summed E-state index contributed by atoms with van der Waals surface area (Å²) in [7, 11) is 0. The van der Waals surface area contributed by atoms with E-state index in [1.807, 2.05) is 12.1 Å². The molecule has 2 heterocycles. The Hall–Kier alpha value is -2.22. The van der Waals surface area contributed by atoms with Gasteiger partial charge in [-0.05, 0) is 72.5 Å². The van der Waals surface area contributed by atoms with Gasteiger partial charge in [0, 0.05) is 25.2 Å². The number of nitrogens with one attached hydrogen (secondary N) is 1. The van der Waals surface area contributed by atoms with Crippen molar-refractivity contribution in [3.05, 3.63) is 58.9 Å². The van der Waals surface area contributed by atoms with Gasteiger partial charge in [-0.3, -0.25) is 4.90 Å². The maximum absolute atomic E-state index is 14.2. The minimum atomic E-state index is -0.429. The normalized spacial score (nSPS) is 24.7. The summed E-state index contributed by atoms with van der Waals surface area (Å²) in [5, 5.41) is 12.6. The van der Waals surface area contributed by atoms with Gasteiger partial charge >= 0.3 is 0 Å². The topological polar surface area (TPSA) is 39.1 Å². The second-order valence-corrected chi connectivity index (χ2v) is 8.13. The average molecular weight is 361 g/mol. The van der Waals surface area contributed by atoms with Gasteiger partial charge in [-0.1, -0.05) is 24.3 Å². The summed E-state index contributed by atoms with van der Waals surface area (Å²) in [6.07, 6.45) is 4.92. The second-order valence-electron chi connectivity index (χ2n) is 8.13. The van der Waals surface area contributed by atoms with E-state index in [1.54, 1.807) is 6.07 Å². The number of fused-ring (bicyclic) bond motifs is 1. The van der Waals surface area contributed by atoms with E-state index >= 15 is 0 Å². The molecule has 138 valence electrons. The molecule has 0 bridgehead atoms. The number of rotatable bonds is 4. The minimum Gasteiger partial charge on any atom is -0.312 e. The highest BCUT2D eigenvalue weighted by atomic mass is 19.1. The number of nitrogens with zero attached hydrogens (tertiary/aromatic N) is 2. The lowest BCUT2D eigenvalue weighted by Gasteiger charge is -2.25. The fourth-order valence-electron chi connectivity index (χ4n) is 5.00. The van der Waals surface area contributed by atoms with Gasteiger partial charge in [0.2, 0.25) is 0 Å². The third kappa shape index (κ3) is 3.05. The van der Waals surface area contributed by atoms with E-state index in [-0.39, 0.29) is 5.56 Å². The summed E-state index contributed by atoms with van der Waals surface area (Å²) < 4.78 is 14.2. The summed E-state index contributed by atoms with van der Waals surface area (Å²) in [6.45, 7) is 3.27. The lowest BCUT2D eigenvalue weighted by Crippen LogP contribution is -2.34. The number of nitriles is 1. The summed E-state index contributed by atoms with van der Waals surface area (Å²) in [6, 6.07) is 14.7. The molecule has 2 atom stereocenters. The van der Waals surface area contributed by atoms with Crippen LogP contribution < -0.4 is 5.32 Å². The Morgan fingerprint density at radius 3 is 2.81 bits per heavy atom. The van der Waals surface area contributed by atoms with E-state index in [0.29, 0.717) is 18.0 Å². The predicted octanol–water partition coefficient (Wildman–Crippen LogP) is 4.18. The predicted molar refractivity (Wildman–Crippen MR) is 104 cm³/mol. The third-order valence-electron chi connectivity index (χ3n) is 6.46. The molecule has 0 radical (unpaired) electrons. The standard InChI is InChI=1S/C23H24FN3/c24-20-12-16(6-7-17(20)13-25)19-3-1-2-18(23(19)15-4-5-15)14-27-11-9-21-22(27)8-10-26-21/h1-3,6-7,12,15,21-22,26H,4-5,8-11,14H2/t21-,22-/m0/s1. The Morgan fingerprint density at radius 1 is 1.15 bits per heavy atom. The third-order valence-corrected chi connectivity index (χ3v) is 6.46. The summed E-state index contributed by atoms with van der Waals surface area (Å²) >= 11 is 0. The van der Waals surface area contributed by atoms with Crippen LogP contribution in [-0.4, -0.2) is 30.1 Å². The van der Waals surface area contributed by atoms with Crippen molar-refractivity contribution in [1.29, 1.82) is 5.26 Å². The molecule has 3 aliphatic rings. The Kier molecular flexibility index (Phi) is 4.22. The Morgan fingerprint density at radius 2 is 2.04 bits per heavy atom. The average Bonchev–Trinajstić information content (AvgIpc) is 3.29. The second kappa shape index (κ2) is 6.74. The SMILES string of the molecule is N#Cc1ccc(-c2cccc(CN3CC[C@@H]4NCC[C@@H]43)c2C2CC2)cc1F. The molecule has 1 aliphatic carbocycles. The molecule has 2 aliphatic heterocycles. The molecule has 3 fully saturated rings. The van der Waals surface area contributed by atoms with Crippen LogP contribution in [0.4, 0.5) is 4.39 Å². The smallest absolute Gasteiger partial charge is 0.141 e. The van der Waals surface area contributed by atoms with Crippen LogP contribution >= 0.6 is 0 Å². The molecule has 2 saturated heterocycles. The molecule has 0 unspecified atom stereocenters. The maximum Gasteiger partial charge on any atom is 0.141 e. The first-order chi connectivity index (χ1) is 13.2. The Balaban J connectivity index is 1.51. The molecule has 1 N–H and O–H groups in total. The van der Waals surface area contributed by atoms with Crippen LogP contribution in [0.2, 0.25) is 0 Å². The quantitative estimate of drug-likeness (QED) is 0.888. The van der Waals surface area contributed by atoms with E-state index in [1.165, 1.54) is 42.9 Å². The van der Waals surface area contributed by atoms with Gasteiger partial charge in [0.05, 0.1) is 5.56 Å². The molecule has 2 aromatic carbocycles. The first-order valence-electron chi connectivity index (χ1n) is 10.0. The van der Waals surface area contributed by atoms with Crippen molar-refractivity contribution in [3.8, 4) is 17.2 Å². The van der Waals surface area contributed by atoms with Gasteiger partial charge < -0.3 is 5.32 Å². The van der Waals surface area contributed by atoms with Crippen LogP contribution in [0.1, 0.15) is 48.3 Å². The van der Waals surface area contributed by atoms with Crippen molar-refractivity contribution >= 4 is 0 Å². The highest BCUT2D eigenvalue weighted by molar-refractivity contribution is 5.71. The molecular formula is C23H24FN3. The van der Waals surface area contributed by atoms with E-state index in [2.05, 4.69) is 28.4 Å². The van der Waals surface area contributed by atoms with Gasteiger partial charge in [-0.15, -0.1) is 0 Å². The lowest BCUT2D eigenvalue weighted by atomic mass is 9.91. The molecular weight excluding hydrogens is 337 g/mol. The zero-order valence-corrected chi connectivity index (χ0v) is 15.4. The highest BCUT2D eigenvalue weighted by Gasteiger charge is 2.38. The Labute approximate surface area is 159 Å². The summed E-state index contributed by atoms with van der Waals surface area (Å²) in [5.74, 6) is 0.163. The van der Waals surface area contributed by atoms with Crippen molar-refractivity contribution in [1.82, 2.24) is 10.2 Å². The molecule has 0 spiro atoms. The lowest BCUT2D eigenvalue weighted by molar-refractivity contribution is 0.244. The van der Waals surface area contributed by atoms with Gasteiger partial charge in [0.1, 0.15) is 11.9 Å². The van der Waals surface area contributed by atoms with Crippen molar-refractivity contribution in [2.24, 2.45) is 0 Å². The largest absolute Gasteiger partial charge is 0.312 e. The molecule has 4 heteroatoms. The zero-order valence-electron chi connectivity index (χ0n) is 15.4. The van der Waals surface area contributed by atoms with Crippen molar-refractivity contribution in [2.45, 2.75) is 50.2 Å². The van der Waals surface area contributed by atoms with Crippen LogP contribution in [0.25, 0.3) is 11.1 Å². The highest BCUT2D eigenvalue weighted by Crippen LogP contribution is 2.47. The van der Waals surface area contributed by atoms with Gasteiger partial charge in [0.25, 0.3) is 0 Å². The number of benzene rings is 2. The van der Waals surface area contributed by atoms with Gasteiger partial charge in [0.15, 0.2) is 0 Å². The summed E-state index contributed by atoms with van der Waals surface area (Å²) in [4.78, 5) is 2.63. The fourth-order valence-corrected chi connectivity index (χ4v) is 5.00. The van der Waals surface area contributed by atoms with Crippen LogP contribution in [0.5, 0.6) is 0 Å². The zero-order chi connectivity index (χ0) is 18.4. The number of likely N-dealkylation sites (tertiary alicyclic amines) is 1. The molecule has 5 rings (SSSR count). The van der Waals surface area contributed by atoms with Crippen LogP contribution in [-0.2, 0) is 6.54 Å². The van der Waals surface area contributed by atoms with Crippen LogP contribution in [0, 0.1) is 17.1 Å². The van der Waals surface area contributed by atoms with Crippen LogP contribution in [0.15, 0.2) is 36.4 Å². The number of hydrogen-bond acceptors (Lipinski definition) is 3. The van der Waals surface area contributed by atoms with Crippen molar-refractivity contribution in [2.75, 3.05) is 13.1 Å². The summed E-state index contributed by atoms with van der Waals surface area (Å²) in [5.41, 5.74) is 4.93. The minimum absolute atomic E-state index is 0.111. The first-order valence-corrected chi connectivity index (χ1v) is 10.0. The van der Waals surface area contributed by atoms with Crippen LogP contribution in [0.3, 0.4) is 0 Å². The Bertz CT molecular complexity index is 912. The van der Waals surface area contributed by atoms with Gasteiger partial charge in [-0.2, -0.15) is 5.26 Å². The molecule has 1 saturated carbocycles.